The Morgan fingerprint density at radius 1 is 0.950 bits per heavy atom. The molecule has 0 amide bonds. The highest BCUT2D eigenvalue weighted by atomic mass is 32.2. The minimum atomic E-state index is -0.265. The molecule has 100 valence electrons. The number of halogens is 1. The molecule has 0 fully saturated rings. The molecule has 2 aromatic carbocycles. The van der Waals surface area contributed by atoms with E-state index in [9.17, 15) is 4.39 Å². The summed E-state index contributed by atoms with van der Waals surface area (Å²) in [5.74, 6) is 0.390. The van der Waals surface area contributed by atoms with Gasteiger partial charge >= 0.3 is 0 Å². The van der Waals surface area contributed by atoms with Gasteiger partial charge in [0.05, 0.1) is 6.20 Å². The number of rotatable bonds is 3. The largest absolute Gasteiger partial charge is 0.356 e. The van der Waals surface area contributed by atoms with E-state index in [4.69, 9.17) is 4.52 Å². The van der Waals surface area contributed by atoms with Gasteiger partial charge < -0.3 is 4.52 Å². The molecule has 4 heteroatoms. The maximum absolute atomic E-state index is 13.0. The van der Waals surface area contributed by atoms with Gasteiger partial charge in [-0.3, -0.25) is 0 Å². The molecule has 3 rings (SSSR count). The lowest BCUT2D eigenvalue weighted by atomic mass is 10.0. The summed E-state index contributed by atoms with van der Waals surface area (Å²) >= 11 is 1.70. The predicted molar refractivity (Wildman–Crippen MR) is 79.1 cm³/mol. The van der Waals surface area contributed by atoms with E-state index in [2.05, 4.69) is 17.3 Å². The molecule has 0 aliphatic rings. The fourth-order valence-corrected chi connectivity index (χ4v) is 2.43. The van der Waals surface area contributed by atoms with Crippen LogP contribution in [-0.4, -0.2) is 11.4 Å². The molecule has 2 nitrogen and oxygen atoms in total. The van der Waals surface area contributed by atoms with E-state index in [0.29, 0.717) is 5.76 Å². The molecule has 0 atom stereocenters. The van der Waals surface area contributed by atoms with E-state index in [1.54, 1.807) is 30.1 Å². The fourth-order valence-electron chi connectivity index (χ4n) is 2.03. The molecule has 0 saturated heterocycles. The van der Waals surface area contributed by atoms with Crippen molar-refractivity contribution in [2.75, 3.05) is 6.26 Å². The Labute approximate surface area is 120 Å². The van der Waals surface area contributed by atoms with Crippen LogP contribution in [0.5, 0.6) is 0 Å². The first-order chi connectivity index (χ1) is 9.78. The van der Waals surface area contributed by atoms with E-state index in [-0.39, 0.29) is 5.82 Å². The number of nitrogens with zero attached hydrogens (tertiary/aromatic N) is 1. The van der Waals surface area contributed by atoms with Gasteiger partial charge in [-0.25, -0.2) is 4.39 Å². The summed E-state index contributed by atoms with van der Waals surface area (Å²) in [5.41, 5.74) is 2.75. The predicted octanol–water partition coefficient (Wildman–Crippen LogP) is 4.87. The first-order valence-corrected chi connectivity index (χ1v) is 7.35. The molecule has 0 aliphatic heterocycles. The van der Waals surface area contributed by atoms with E-state index in [1.165, 1.54) is 17.0 Å². The third-order valence-electron chi connectivity index (χ3n) is 3.08. The first kappa shape index (κ1) is 12.9. The van der Waals surface area contributed by atoms with Crippen LogP contribution in [-0.2, 0) is 0 Å². The number of hydrogen-bond donors (Lipinski definition) is 0. The minimum absolute atomic E-state index is 0.265. The van der Waals surface area contributed by atoms with Gasteiger partial charge in [-0.1, -0.05) is 17.3 Å². The zero-order chi connectivity index (χ0) is 13.9. The van der Waals surface area contributed by atoms with Gasteiger partial charge in [0.25, 0.3) is 0 Å². The van der Waals surface area contributed by atoms with Crippen molar-refractivity contribution in [2.24, 2.45) is 0 Å². The number of hydrogen-bond acceptors (Lipinski definition) is 3. The van der Waals surface area contributed by atoms with Crippen LogP contribution >= 0.6 is 11.8 Å². The molecule has 0 radical (unpaired) electrons. The minimum Gasteiger partial charge on any atom is -0.356 e. The summed E-state index contributed by atoms with van der Waals surface area (Å²) in [6.45, 7) is 0. The standard InChI is InChI=1S/C16H12FNOS/c1-20-14-8-4-11(5-9-14)15-10-18-19-16(15)12-2-6-13(17)7-3-12/h2-10H,1H3. The lowest BCUT2D eigenvalue weighted by molar-refractivity contribution is 0.432. The molecule has 0 unspecified atom stereocenters. The molecule has 1 aromatic heterocycles. The van der Waals surface area contributed by atoms with Crippen molar-refractivity contribution >= 4 is 11.8 Å². The van der Waals surface area contributed by atoms with Crippen LogP contribution in [0.2, 0.25) is 0 Å². The maximum atomic E-state index is 13.0. The summed E-state index contributed by atoms with van der Waals surface area (Å²) in [5, 5.41) is 3.87. The van der Waals surface area contributed by atoms with Gasteiger partial charge in [0.2, 0.25) is 0 Å². The summed E-state index contributed by atoms with van der Waals surface area (Å²) in [6, 6.07) is 14.4. The molecule has 1 heterocycles. The molecule has 0 N–H and O–H groups in total. The normalized spacial score (nSPS) is 10.7. The summed E-state index contributed by atoms with van der Waals surface area (Å²) in [7, 11) is 0. The van der Waals surface area contributed by atoms with Crippen LogP contribution in [0.4, 0.5) is 4.39 Å². The lowest BCUT2D eigenvalue weighted by Gasteiger charge is -2.03. The van der Waals surface area contributed by atoms with Crippen molar-refractivity contribution < 1.29 is 8.91 Å². The van der Waals surface area contributed by atoms with Crippen LogP contribution in [0.3, 0.4) is 0 Å². The molecule has 0 bridgehead atoms. The van der Waals surface area contributed by atoms with Crippen molar-refractivity contribution in [1.29, 1.82) is 0 Å². The van der Waals surface area contributed by atoms with Gasteiger partial charge in [0.15, 0.2) is 5.76 Å². The van der Waals surface area contributed by atoms with Crippen molar-refractivity contribution in [3.63, 3.8) is 0 Å². The molecular formula is C16H12FNOS. The zero-order valence-electron chi connectivity index (χ0n) is 10.8. The van der Waals surface area contributed by atoms with Crippen LogP contribution in [0.25, 0.3) is 22.5 Å². The maximum Gasteiger partial charge on any atom is 0.174 e. The van der Waals surface area contributed by atoms with Gasteiger partial charge in [-0.15, -0.1) is 11.8 Å². The molecule has 0 aliphatic carbocycles. The molecule has 0 spiro atoms. The Hall–Kier alpha value is -2.07. The quantitative estimate of drug-likeness (QED) is 0.642. The molecular weight excluding hydrogens is 273 g/mol. The smallest absolute Gasteiger partial charge is 0.174 e. The number of aromatic nitrogens is 1. The first-order valence-electron chi connectivity index (χ1n) is 6.13. The van der Waals surface area contributed by atoms with Crippen LogP contribution in [0, 0.1) is 5.82 Å². The van der Waals surface area contributed by atoms with Gasteiger partial charge in [0.1, 0.15) is 5.82 Å². The summed E-state index contributed by atoms with van der Waals surface area (Å²) in [6.07, 6.45) is 3.73. The second-order valence-corrected chi connectivity index (χ2v) is 5.18. The van der Waals surface area contributed by atoms with Crippen LogP contribution < -0.4 is 0 Å². The SMILES string of the molecule is CSc1ccc(-c2cnoc2-c2ccc(F)cc2)cc1. The van der Waals surface area contributed by atoms with Crippen molar-refractivity contribution in [2.45, 2.75) is 4.90 Å². The second-order valence-electron chi connectivity index (χ2n) is 4.30. The lowest BCUT2D eigenvalue weighted by Crippen LogP contribution is -1.81. The Morgan fingerprint density at radius 2 is 1.60 bits per heavy atom. The molecule has 0 saturated carbocycles. The Morgan fingerprint density at radius 3 is 2.25 bits per heavy atom. The highest BCUT2D eigenvalue weighted by Gasteiger charge is 2.12. The highest BCUT2D eigenvalue weighted by molar-refractivity contribution is 7.98. The third kappa shape index (κ3) is 2.47. The monoisotopic (exact) mass is 285 g/mol. The Kier molecular flexibility index (Phi) is 3.56. The van der Waals surface area contributed by atoms with Crippen molar-refractivity contribution in [3.8, 4) is 22.5 Å². The fraction of sp³-hybridized carbons (Fsp3) is 0.0625. The second kappa shape index (κ2) is 5.51. The number of thioether (sulfide) groups is 1. The average Bonchev–Trinajstić information content (AvgIpc) is 2.97. The van der Waals surface area contributed by atoms with Crippen LogP contribution in [0.1, 0.15) is 0 Å². The van der Waals surface area contributed by atoms with Crippen molar-refractivity contribution in [3.05, 3.63) is 60.5 Å². The van der Waals surface area contributed by atoms with E-state index in [0.717, 1.165) is 16.7 Å². The summed E-state index contributed by atoms with van der Waals surface area (Å²) < 4.78 is 18.3. The zero-order valence-corrected chi connectivity index (χ0v) is 11.7. The highest BCUT2D eigenvalue weighted by Crippen LogP contribution is 2.32. The number of benzene rings is 2. The Bertz CT molecular complexity index is 704. The van der Waals surface area contributed by atoms with Crippen LogP contribution in [0.15, 0.2) is 64.1 Å². The molecule has 20 heavy (non-hydrogen) atoms. The Balaban J connectivity index is 2.02. The third-order valence-corrected chi connectivity index (χ3v) is 3.82. The van der Waals surface area contributed by atoms with E-state index < -0.39 is 0 Å². The van der Waals surface area contributed by atoms with Gasteiger partial charge in [0, 0.05) is 16.0 Å². The molecule has 3 aromatic rings. The average molecular weight is 285 g/mol. The van der Waals surface area contributed by atoms with Gasteiger partial charge in [-0.2, -0.15) is 0 Å². The van der Waals surface area contributed by atoms with Gasteiger partial charge in [-0.05, 0) is 48.2 Å². The topological polar surface area (TPSA) is 26.0 Å². The van der Waals surface area contributed by atoms with E-state index in [1.807, 2.05) is 18.4 Å². The van der Waals surface area contributed by atoms with Crippen molar-refractivity contribution in [1.82, 2.24) is 5.16 Å². The van der Waals surface area contributed by atoms with E-state index >= 15 is 0 Å². The summed E-state index contributed by atoms with van der Waals surface area (Å²) in [4.78, 5) is 1.20.